The highest BCUT2D eigenvalue weighted by Gasteiger charge is 2.29. The minimum atomic E-state index is -4.09. The van der Waals surface area contributed by atoms with Crippen LogP contribution >= 0.6 is 11.6 Å². The number of carbonyl (C=O) groups is 2. The van der Waals surface area contributed by atoms with E-state index in [-0.39, 0.29) is 10.8 Å². The molecule has 0 radical (unpaired) electrons. The van der Waals surface area contributed by atoms with E-state index in [0.717, 1.165) is 17.1 Å². The van der Waals surface area contributed by atoms with Crippen molar-refractivity contribution in [1.29, 1.82) is 0 Å². The number of hydrogen-bond acceptors (Lipinski definition) is 4. The van der Waals surface area contributed by atoms with Crippen molar-refractivity contribution in [2.45, 2.75) is 31.6 Å². The van der Waals surface area contributed by atoms with E-state index in [0.29, 0.717) is 34.1 Å². The van der Waals surface area contributed by atoms with E-state index >= 15 is 0 Å². The summed E-state index contributed by atoms with van der Waals surface area (Å²) in [5, 5.41) is 5.87. The van der Waals surface area contributed by atoms with Crippen LogP contribution in [0.25, 0.3) is 0 Å². The fourth-order valence-electron chi connectivity index (χ4n) is 3.45. The lowest BCUT2D eigenvalue weighted by Gasteiger charge is -2.26. The standard InChI is InChI=1S/C26H28ClN3O4S/c1-3-4-16-28-26(32)22-12-8-9-13-23(22)29-25(31)18-30(24-17-20(27)15-14-19(24)2)35(33,34)21-10-6-5-7-11-21/h5-15,17H,3-4,16,18H2,1-2H3,(H,28,32)(H,29,31). The van der Waals surface area contributed by atoms with Crippen molar-refractivity contribution in [3.63, 3.8) is 0 Å². The van der Waals surface area contributed by atoms with Gasteiger partial charge in [0.15, 0.2) is 0 Å². The second-order valence-electron chi connectivity index (χ2n) is 7.96. The molecule has 2 N–H and O–H groups in total. The van der Waals surface area contributed by atoms with Gasteiger partial charge in [0.1, 0.15) is 6.54 Å². The Balaban J connectivity index is 1.92. The number of unbranched alkanes of at least 4 members (excludes halogenated alkanes) is 1. The molecule has 0 spiro atoms. The predicted molar refractivity (Wildman–Crippen MR) is 139 cm³/mol. The Morgan fingerprint density at radius 2 is 1.66 bits per heavy atom. The smallest absolute Gasteiger partial charge is 0.264 e. The number of para-hydroxylation sites is 1. The fraction of sp³-hybridized carbons (Fsp3) is 0.231. The summed E-state index contributed by atoms with van der Waals surface area (Å²) >= 11 is 6.16. The zero-order valence-electron chi connectivity index (χ0n) is 19.6. The van der Waals surface area contributed by atoms with Crippen LogP contribution in [0.2, 0.25) is 5.02 Å². The topological polar surface area (TPSA) is 95.6 Å². The summed E-state index contributed by atoms with van der Waals surface area (Å²) in [6.07, 6.45) is 1.78. The molecular formula is C26H28ClN3O4S. The van der Waals surface area contributed by atoms with Crippen LogP contribution in [0.5, 0.6) is 0 Å². The van der Waals surface area contributed by atoms with Crippen LogP contribution in [0.15, 0.2) is 77.7 Å². The van der Waals surface area contributed by atoms with Crippen LogP contribution in [-0.2, 0) is 14.8 Å². The number of carbonyl (C=O) groups excluding carboxylic acids is 2. The summed E-state index contributed by atoms with van der Waals surface area (Å²) < 4.78 is 28.1. The van der Waals surface area contributed by atoms with E-state index in [1.807, 2.05) is 6.92 Å². The molecule has 0 bridgehead atoms. The number of benzene rings is 3. The number of nitrogens with one attached hydrogen (secondary N) is 2. The minimum absolute atomic E-state index is 0.0443. The summed E-state index contributed by atoms with van der Waals surface area (Å²) in [7, 11) is -4.09. The summed E-state index contributed by atoms with van der Waals surface area (Å²) in [6.45, 7) is 3.78. The molecule has 2 amide bonds. The highest BCUT2D eigenvalue weighted by Crippen LogP contribution is 2.29. The molecule has 0 aromatic heterocycles. The number of nitrogens with zero attached hydrogens (tertiary/aromatic N) is 1. The molecule has 3 aromatic carbocycles. The Kier molecular flexibility index (Phi) is 8.89. The summed E-state index contributed by atoms with van der Waals surface area (Å²) in [5.74, 6) is -0.911. The number of amides is 2. The van der Waals surface area contributed by atoms with Gasteiger partial charge in [-0.15, -0.1) is 0 Å². The third-order valence-electron chi connectivity index (χ3n) is 5.32. The van der Waals surface area contributed by atoms with Crippen molar-refractivity contribution in [2.75, 3.05) is 22.7 Å². The zero-order valence-corrected chi connectivity index (χ0v) is 21.2. The quantitative estimate of drug-likeness (QED) is 0.372. The third kappa shape index (κ3) is 6.61. The average Bonchev–Trinajstić information content (AvgIpc) is 2.85. The first kappa shape index (κ1) is 26.2. The maximum absolute atomic E-state index is 13.5. The highest BCUT2D eigenvalue weighted by molar-refractivity contribution is 7.92. The monoisotopic (exact) mass is 513 g/mol. The van der Waals surface area contributed by atoms with E-state index in [9.17, 15) is 18.0 Å². The molecule has 0 aliphatic heterocycles. The number of rotatable bonds is 10. The molecule has 0 atom stereocenters. The van der Waals surface area contributed by atoms with Gasteiger partial charge in [0.2, 0.25) is 5.91 Å². The first-order chi connectivity index (χ1) is 16.7. The molecule has 0 aliphatic rings. The van der Waals surface area contributed by atoms with Gasteiger partial charge in [0, 0.05) is 11.6 Å². The van der Waals surface area contributed by atoms with Crippen molar-refractivity contribution in [3.05, 3.63) is 88.9 Å². The number of anilines is 2. The maximum atomic E-state index is 13.5. The lowest BCUT2D eigenvalue weighted by Crippen LogP contribution is -2.39. The molecule has 0 fully saturated rings. The molecule has 3 rings (SSSR count). The first-order valence-corrected chi connectivity index (χ1v) is 13.1. The molecule has 0 unspecified atom stereocenters. The Bertz CT molecular complexity index is 1300. The van der Waals surface area contributed by atoms with Crippen LogP contribution in [-0.4, -0.2) is 33.3 Å². The number of aryl methyl sites for hydroxylation is 1. The minimum Gasteiger partial charge on any atom is -0.352 e. The van der Waals surface area contributed by atoms with Gasteiger partial charge in [-0.25, -0.2) is 8.42 Å². The second kappa shape index (κ2) is 11.9. The number of sulfonamides is 1. The van der Waals surface area contributed by atoms with E-state index in [1.54, 1.807) is 61.5 Å². The highest BCUT2D eigenvalue weighted by atomic mass is 35.5. The van der Waals surface area contributed by atoms with E-state index in [1.165, 1.54) is 18.2 Å². The van der Waals surface area contributed by atoms with Gasteiger partial charge >= 0.3 is 0 Å². The molecule has 35 heavy (non-hydrogen) atoms. The summed E-state index contributed by atoms with van der Waals surface area (Å²) in [6, 6.07) is 19.3. The molecule has 9 heteroatoms. The van der Waals surface area contributed by atoms with Crippen LogP contribution in [0, 0.1) is 6.92 Å². The molecule has 184 valence electrons. The van der Waals surface area contributed by atoms with E-state index in [4.69, 9.17) is 11.6 Å². The first-order valence-electron chi connectivity index (χ1n) is 11.2. The molecule has 0 saturated carbocycles. The second-order valence-corrected chi connectivity index (χ2v) is 10.3. The van der Waals surface area contributed by atoms with Gasteiger partial charge < -0.3 is 10.6 Å². The van der Waals surface area contributed by atoms with Crippen LogP contribution in [0.3, 0.4) is 0 Å². The largest absolute Gasteiger partial charge is 0.352 e. The maximum Gasteiger partial charge on any atom is 0.264 e. The van der Waals surface area contributed by atoms with Gasteiger partial charge in [-0.3, -0.25) is 13.9 Å². The lowest BCUT2D eigenvalue weighted by molar-refractivity contribution is -0.114. The Labute approximate surface area is 211 Å². The average molecular weight is 514 g/mol. The van der Waals surface area contributed by atoms with Gasteiger partial charge in [0.05, 0.1) is 21.8 Å². The normalized spacial score (nSPS) is 11.1. The van der Waals surface area contributed by atoms with Crippen LogP contribution < -0.4 is 14.9 Å². The fourth-order valence-corrected chi connectivity index (χ4v) is 5.12. The third-order valence-corrected chi connectivity index (χ3v) is 7.33. The van der Waals surface area contributed by atoms with E-state index in [2.05, 4.69) is 10.6 Å². The van der Waals surface area contributed by atoms with Gasteiger partial charge in [-0.1, -0.05) is 61.3 Å². The van der Waals surface area contributed by atoms with Gasteiger partial charge in [0.25, 0.3) is 15.9 Å². The van der Waals surface area contributed by atoms with Crippen LogP contribution in [0.4, 0.5) is 11.4 Å². The Morgan fingerprint density at radius 3 is 2.37 bits per heavy atom. The SMILES string of the molecule is CCCCNC(=O)c1ccccc1NC(=O)CN(c1cc(Cl)ccc1C)S(=O)(=O)c1ccccc1. The molecule has 3 aromatic rings. The van der Waals surface area contributed by atoms with Crippen molar-refractivity contribution in [1.82, 2.24) is 5.32 Å². The molecule has 0 aliphatic carbocycles. The van der Waals surface area contributed by atoms with Crippen LogP contribution in [0.1, 0.15) is 35.7 Å². The van der Waals surface area contributed by atoms with Gasteiger partial charge in [-0.05, 0) is 55.3 Å². The van der Waals surface area contributed by atoms with Crippen molar-refractivity contribution in [3.8, 4) is 0 Å². The Morgan fingerprint density at radius 1 is 0.971 bits per heavy atom. The summed E-state index contributed by atoms with van der Waals surface area (Å²) in [5.41, 5.74) is 1.53. The van der Waals surface area contributed by atoms with Crippen molar-refractivity contribution < 1.29 is 18.0 Å². The molecule has 0 heterocycles. The Hall–Kier alpha value is -3.36. The van der Waals surface area contributed by atoms with Crippen molar-refractivity contribution >= 4 is 44.8 Å². The number of halogens is 1. The van der Waals surface area contributed by atoms with Crippen molar-refractivity contribution in [2.24, 2.45) is 0 Å². The summed E-state index contributed by atoms with van der Waals surface area (Å²) in [4.78, 5) is 25.8. The molecule has 7 nitrogen and oxygen atoms in total. The molecule has 0 saturated heterocycles. The van der Waals surface area contributed by atoms with Gasteiger partial charge in [-0.2, -0.15) is 0 Å². The zero-order chi connectivity index (χ0) is 25.4. The molecular weight excluding hydrogens is 486 g/mol. The number of hydrogen-bond donors (Lipinski definition) is 2. The predicted octanol–water partition coefficient (Wildman–Crippen LogP) is 5.01. The lowest BCUT2D eigenvalue weighted by atomic mass is 10.1. The van der Waals surface area contributed by atoms with E-state index < -0.39 is 22.5 Å².